The lowest BCUT2D eigenvalue weighted by Crippen LogP contribution is -2.24. The van der Waals surface area contributed by atoms with Crippen LogP contribution >= 0.6 is 11.6 Å². The molecule has 0 saturated carbocycles. The number of nitrogens with one attached hydrogen (secondary N) is 1. The molecule has 1 N–H and O–H groups in total. The van der Waals surface area contributed by atoms with Crippen molar-refractivity contribution in [3.8, 4) is 0 Å². The van der Waals surface area contributed by atoms with Crippen LogP contribution in [0.25, 0.3) is 0 Å². The zero-order valence-electron chi connectivity index (χ0n) is 9.70. The number of hydrogen-bond donors (Lipinski definition) is 1. The minimum Gasteiger partial charge on any atom is -0.324 e. The van der Waals surface area contributed by atoms with E-state index in [4.69, 9.17) is 11.6 Å². The summed E-state index contributed by atoms with van der Waals surface area (Å²) in [4.78, 5) is 7.65. The highest BCUT2D eigenvalue weighted by molar-refractivity contribution is 7.89. The molecule has 8 nitrogen and oxygen atoms in total. The Morgan fingerprint density at radius 1 is 1.33 bits per heavy atom. The summed E-state index contributed by atoms with van der Waals surface area (Å²) >= 11 is 5.83. The van der Waals surface area contributed by atoms with Gasteiger partial charge in [-0.2, -0.15) is 5.10 Å². The first-order chi connectivity index (χ1) is 8.40. The second-order valence-electron chi connectivity index (χ2n) is 3.61. The van der Waals surface area contributed by atoms with Crippen molar-refractivity contribution in [1.82, 2.24) is 29.0 Å². The Kier molecular flexibility index (Phi) is 3.37. The van der Waals surface area contributed by atoms with Crippen molar-refractivity contribution in [2.75, 3.05) is 0 Å². The van der Waals surface area contributed by atoms with Crippen LogP contribution in [0.5, 0.6) is 0 Å². The van der Waals surface area contributed by atoms with Gasteiger partial charge in [0, 0.05) is 14.1 Å². The number of hydrogen-bond acceptors (Lipinski definition) is 5. The summed E-state index contributed by atoms with van der Waals surface area (Å²) in [5, 5.41) is 3.80. The molecule has 0 bridgehead atoms. The molecule has 18 heavy (non-hydrogen) atoms. The summed E-state index contributed by atoms with van der Waals surface area (Å²) < 4.78 is 29.1. The van der Waals surface area contributed by atoms with Crippen LogP contribution in [-0.2, 0) is 30.7 Å². The van der Waals surface area contributed by atoms with Crippen molar-refractivity contribution < 1.29 is 8.42 Å². The second-order valence-corrected chi connectivity index (χ2v) is 5.65. The molecule has 0 unspecified atom stereocenters. The summed E-state index contributed by atoms with van der Waals surface area (Å²) in [5.74, 6) is 0.369. The molecule has 2 aromatic rings. The molecule has 2 aromatic heterocycles. The van der Waals surface area contributed by atoms with Gasteiger partial charge in [-0.25, -0.2) is 23.1 Å². The molecule has 0 aliphatic carbocycles. The minimum absolute atomic E-state index is 0.0178. The van der Waals surface area contributed by atoms with Crippen LogP contribution in [0.1, 0.15) is 5.82 Å². The molecule has 0 fully saturated rings. The van der Waals surface area contributed by atoms with Gasteiger partial charge in [-0.15, -0.1) is 0 Å². The maximum Gasteiger partial charge on any atom is 0.261 e. The fourth-order valence-electron chi connectivity index (χ4n) is 1.27. The van der Waals surface area contributed by atoms with E-state index in [0.717, 1.165) is 0 Å². The third-order valence-electron chi connectivity index (χ3n) is 2.16. The normalized spacial score (nSPS) is 11.9. The molecular formula is C8H11ClN6O2S. The molecule has 0 atom stereocenters. The fourth-order valence-corrected chi connectivity index (χ4v) is 2.67. The lowest BCUT2D eigenvalue weighted by Gasteiger charge is -2.02. The zero-order chi connectivity index (χ0) is 13.3. The molecule has 0 saturated heterocycles. The van der Waals surface area contributed by atoms with Crippen LogP contribution in [0, 0.1) is 0 Å². The lowest BCUT2D eigenvalue weighted by molar-refractivity contribution is 0.575. The van der Waals surface area contributed by atoms with Gasteiger partial charge in [0.15, 0.2) is 5.82 Å². The van der Waals surface area contributed by atoms with E-state index in [1.54, 1.807) is 14.1 Å². The van der Waals surface area contributed by atoms with Crippen molar-refractivity contribution in [2.24, 2.45) is 14.1 Å². The van der Waals surface area contributed by atoms with Crippen LogP contribution in [0.3, 0.4) is 0 Å². The Bertz CT molecular complexity index is 661. The van der Waals surface area contributed by atoms with Gasteiger partial charge in [-0.3, -0.25) is 4.68 Å². The molecule has 0 aliphatic heterocycles. The molecule has 0 aliphatic rings. The summed E-state index contributed by atoms with van der Waals surface area (Å²) in [7, 11) is -0.461. The number of imidazole rings is 1. The number of rotatable bonds is 4. The predicted octanol–water partition coefficient (Wildman–Crippen LogP) is -0.319. The first-order valence-electron chi connectivity index (χ1n) is 4.91. The first kappa shape index (κ1) is 13.0. The third-order valence-corrected chi connectivity index (χ3v) is 4.05. The third kappa shape index (κ3) is 2.52. The van der Waals surface area contributed by atoms with Gasteiger partial charge < -0.3 is 4.57 Å². The number of aryl methyl sites for hydroxylation is 2. The van der Waals surface area contributed by atoms with E-state index in [1.807, 2.05) is 0 Å². The Balaban J connectivity index is 2.15. The standard InChI is InChI=1S/C8H11ClN6O2S/c1-14-4-11-8(7(14)9)18(16,17)12-3-6-10-5-15(2)13-6/h4-5,12H,3H2,1-2H3. The molecule has 2 heterocycles. The Hall–Kier alpha value is -1.45. The number of aromatic nitrogens is 5. The average Bonchev–Trinajstić information content (AvgIpc) is 2.85. The van der Waals surface area contributed by atoms with Crippen molar-refractivity contribution in [1.29, 1.82) is 0 Å². The fraction of sp³-hybridized carbons (Fsp3) is 0.375. The van der Waals surface area contributed by atoms with Crippen molar-refractivity contribution in [3.63, 3.8) is 0 Å². The van der Waals surface area contributed by atoms with E-state index in [2.05, 4.69) is 19.8 Å². The van der Waals surface area contributed by atoms with Gasteiger partial charge in [0.1, 0.15) is 11.5 Å². The Morgan fingerprint density at radius 3 is 2.56 bits per heavy atom. The van der Waals surface area contributed by atoms with Gasteiger partial charge in [0.25, 0.3) is 10.0 Å². The van der Waals surface area contributed by atoms with Crippen molar-refractivity contribution >= 4 is 21.6 Å². The molecular weight excluding hydrogens is 280 g/mol. The van der Waals surface area contributed by atoms with Crippen LogP contribution < -0.4 is 4.72 Å². The monoisotopic (exact) mass is 290 g/mol. The van der Waals surface area contributed by atoms with Crippen LogP contribution in [0.4, 0.5) is 0 Å². The molecule has 0 amide bonds. The highest BCUT2D eigenvalue weighted by Crippen LogP contribution is 2.18. The number of halogens is 1. The van der Waals surface area contributed by atoms with Crippen molar-refractivity contribution in [2.45, 2.75) is 11.6 Å². The topological polar surface area (TPSA) is 94.7 Å². The van der Waals surface area contributed by atoms with Gasteiger partial charge in [-0.05, 0) is 0 Å². The highest BCUT2D eigenvalue weighted by Gasteiger charge is 2.22. The number of sulfonamides is 1. The van der Waals surface area contributed by atoms with E-state index in [-0.39, 0.29) is 16.7 Å². The smallest absolute Gasteiger partial charge is 0.261 e. The van der Waals surface area contributed by atoms with E-state index in [1.165, 1.54) is 21.9 Å². The maximum atomic E-state index is 11.9. The number of nitrogens with zero attached hydrogens (tertiary/aromatic N) is 5. The lowest BCUT2D eigenvalue weighted by atomic mass is 10.6. The maximum absolute atomic E-state index is 11.9. The Labute approximate surface area is 109 Å². The van der Waals surface area contributed by atoms with Crippen LogP contribution in [0.15, 0.2) is 17.7 Å². The largest absolute Gasteiger partial charge is 0.324 e. The summed E-state index contributed by atoms with van der Waals surface area (Å²) in [6.45, 7) is -0.0178. The zero-order valence-corrected chi connectivity index (χ0v) is 11.3. The first-order valence-corrected chi connectivity index (χ1v) is 6.77. The van der Waals surface area contributed by atoms with Gasteiger partial charge >= 0.3 is 0 Å². The van der Waals surface area contributed by atoms with Gasteiger partial charge in [0.05, 0.1) is 12.9 Å². The molecule has 10 heteroatoms. The highest BCUT2D eigenvalue weighted by atomic mass is 35.5. The van der Waals surface area contributed by atoms with Crippen LogP contribution in [0.2, 0.25) is 5.15 Å². The summed E-state index contributed by atoms with van der Waals surface area (Å²) in [5.41, 5.74) is 0. The summed E-state index contributed by atoms with van der Waals surface area (Å²) in [6, 6.07) is 0. The van der Waals surface area contributed by atoms with E-state index >= 15 is 0 Å². The molecule has 0 radical (unpaired) electrons. The van der Waals surface area contributed by atoms with Gasteiger partial charge in [-0.1, -0.05) is 11.6 Å². The van der Waals surface area contributed by atoms with Gasteiger partial charge in [0.2, 0.25) is 5.03 Å². The van der Waals surface area contributed by atoms with E-state index in [0.29, 0.717) is 5.82 Å². The summed E-state index contributed by atoms with van der Waals surface area (Å²) in [6.07, 6.45) is 2.81. The SMILES string of the molecule is Cn1cnc(CNS(=O)(=O)c2ncn(C)c2Cl)n1. The van der Waals surface area contributed by atoms with E-state index in [9.17, 15) is 8.42 Å². The second kappa shape index (κ2) is 4.67. The molecule has 2 rings (SSSR count). The molecule has 0 spiro atoms. The average molecular weight is 291 g/mol. The van der Waals surface area contributed by atoms with Crippen molar-refractivity contribution in [3.05, 3.63) is 23.6 Å². The minimum atomic E-state index is -3.76. The quantitative estimate of drug-likeness (QED) is 0.833. The predicted molar refractivity (Wildman–Crippen MR) is 63.2 cm³/mol. The van der Waals surface area contributed by atoms with Crippen LogP contribution in [-0.4, -0.2) is 32.7 Å². The molecule has 98 valence electrons. The Morgan fingerprint density at radius 2 is 2.06 bits per heavy atom. The molecule has 0 aromatic carbocycles. The van der Waals surface area contributed by atoms with E-state index < -0.39 is 10.0 Å².